The Morgan fingerprint density at radius 2 is 2.00 bits per heavy atom. The topological polar surface area (TPSA) is 12.0 Å². The fraction of sp³-hybridized carbons (Fsp3) is 0.538. The predicted molar refractivity (Wildman–Crippen MR) is 68.8 cm³/mol. The average Bonchev–Trinajstić information content (AvgIpc) is 2.20. The number of anilines is 1. The molecule has 1 nitrogen and oxygen atoms in total. The Morgan fingerprint density at radius 3 is 2.67 bits per heavy atom. The van der Waals surface area contributed by atoms with Crippen LogP contribution in [0.25, 0.3) is 0 Å². The van der Waals surface area contributed by atoms with Crippen molar-refractivity contribution in [1.82, 2.24) is 0 Å². The third-order valence-electron chi connectivity index (χ3n) is 2.53. The molecule has 0 aromatic heterocycles. The van der Waals surface area contributed by atoms with E-state index in [1.165, 1.54) is 36.9 Å². The van der Waals surface area contributed by atoms with Crippen molar-refractivity contribution in [2.45, 2.75) is 39.5 Å². The summed E-state index contributed by atoms with van der Waals surface area (Å²) in [6.07, 6.45) is 5.19. The van der Waals surface area contributed by atoms with Gasteiger partial charge in [-0.05, 0) is 37.1 Å². The second kappa shape index (κ2) is 6.73. The highest BCUT2D eigenvalue weighted by Gasteiger charge is 1.97. The summed E-state index contributed by atoms with van der Waals surface area (Å²) >= 11 is 5.89. The molecule has 1 rings (SSSR count). The van der Waals surface area contributed by atoms with Gasteiger partial charge in [-0.2, -0.15) is 0 Å². The van der Waals surface area contributed by atoms with E-state index in [2.05, 4.69) is 25.2 Å². The largest absolute Gasteiger partial charge is 0.385 e. The monoisotopic (exact) mass is 225 g/mol. The van der Waals surface area contributed by atoms with Gasteiger partial charge < -0.3 is 5.32 Å². The first kappa shape index (κ1) is 12.4. The van der Waals surface area contributed by atoms with E-state index in [4.69, 9.17) is 11.6 Å². The first-order chi connectivity index (χ1) is 7.24. The molecule has 0 saturated carbocycles. The quantitative estimate of drug-likeness (QED) is 0.696. The summed E-state index contributed by atoms with van der Waals surface area (Å²) in [5.41, 5.74) is 2.42. The number of aryl methyl sites for hydroxylation is 1. The lowest BCUT2D eigenvalue weighted by atomic mass is 10.2. The normalized spacial score (nSPS) is 10.3. The first-order valence-corrected chi connectivity index (χ1v) is 6.12. The van der Waals surface area contributed by atoms with Crippen LogP contribution in [0.15, 0.2) is 18.2 Å². The first-order valence-electron chi connectivity index (χ1n) is 5.74. The van der Waals surface area contributed by atoms with E-state index in [0.29, 0.717) is 0 Å². The lowest BCUT2D eigenvalue weighted by Crippen LogP contribution is -2.02. The summed E-state index contributed by atoms with van der Waals surface area (Å²) in [4.78, 5) is 0. The minimum atomic E-state index is 0.809. The molecule has 15 heavy (non-hydrogen) atoms. The number of nitrogens with one attached hydrogen (secondary N) is 1. The average molecular weight is 226 g/mol. The SMILES string of the molecule is CCCCCCNc1ccc(Cl)cc1C. The van der Waals surface area contributed by atoms with Crippen molar-refractivity contribution in [1.29, 1.82) is 0 Å². The number of rotatable bonds is 6. The third-order valence-corrected chi connectivity index (χ3v) is 2.77. The van der Waals surface area contributed by atoms with Crippen LogP contribution in [0.3, 0.4) is 0 Å². The maximum Gasteiger partial charge on any atom is 0.0410 e. The Hall–Kier alpha value is -0.690. The summed E-state index contributed by atoms with van der Waals surface area (Å²) in [5.74, 6) is 0. The molecule has 0 saturated heterocycles. The van der Waals surface area contributed by atoms with Gasteiger partial charge in [0, 0.05) is 17.3 Å². The molecule has 0 spiro atoms. The molecule has 2 heteroatoms. The van der Waals surface area contributed by atoms with Gasteiger partial charge in [0.05, 0.1) is 0 Å². The summed E-state index contributed by atoms with van der Waals surface area (Å²) in [5, 5.41) is 4.25. The van der Waals surface area contributed by atoms with Gasteiger partial charge in [0.1, 0.15) is 0 Å². The van der Waals surface area contributed by atoms with Crippen molar-refractivity contribution in [3.8, 4) is 0 Å². The van der Waals surface area contributed by atoms with Crippen LogP contribution < -0.4 is 5.32 Å². The molecule has 0 aliphatic rings. The fourth-order valence-corrected chi connectivity index (χ4v) is 1.83. The van der Waals surface area contributed by atoms with Crippen LogP contribution in [-0.2, 0) is 0 Å². The van der Waals surface area contributed by atoms with Gasteiger partial charge in [0.15, 0.2) is 0 Å². The van der Waals surface area contributed by atoms with E-state index in [1.54, 1.807) is 0 Å². The van der Waals surface area contributed by atoms with Gasteiger partial charge in [0.2, 0.25) is 0 Å². The lowest BCUT2D eigenvalue weighted by molar-refractivity contribution is 0.685. The molecule has 1 aromatic carbocycles. The van der Waals surface area contributed by atoms with Gasteiger partial charge in [-0.3, -0.25) is 0 Å². The second-order valence-corrected chi connectivity index (χ2v) is 4.38. The van der Waals surface area contributed by atoms with Gasteiger partial charge in [-0.15, -0.1) is 0 Å². The molecule has 1 aromatic rings. The Balaban J connectivity index is 2.31. The van der Waals surface area contributed by atoms with Crippen LogP contribution in [0.2, 0.25) is 5.02 Å². The number of benzene rings is 1. The van der Waals surface area contributed by atoms with Crippen LogP contribution in [0.1, 0.15) is 38.2 Å². The van der Waals surface area contributed by atoms with Crippen molar-refractivity contribution < 1.29 is 0 Å². The molecule has 0 heterocycles. The third kappa shape index (κ3) is 4.57. The summed E-state index contributed by atoms with van der Waals surface area (Å²) in [7, 11) is 0. The molecule has 1 N–H and O–H groups in total. The van der Waals surface area contributed by atoms with Crippen LogP contribution in [0, 0.1) is 6.92 Å². The van der Waals surface area contributed by atoms with Crippen LogP contribution in [0.5, 0.6) is 0 Å². The van der Waals surface area contributed by atoms with E-state index >= 15 is 0 Å². The summed E-state index contributed by atoms with van der Waals surface area (Å²) in [6.45, 7) is 5.37. The van der Waals surface area contributed by atoms with E-state index in [0.717, 1.165) is 11.6 Å². The number of unbranched alkanes of at least 4 members (excludes halogenated alkanes) is 3. The Bertz CT molecular complexity index is 297. The molecule has 0 fully saturated rings. The van der Waals surface area contributed by atoms with Crippen molar-refractivity contribution >= 4 is 17.3 Å². The number of halogens is 1. The van der Waals surface area contributed by atoms with Gasteiger partial charge >= 0.3 is 0 Å². The van der Waals surface area contributed by atoms with E-state index < -0.39 is 0 Å². The highest BCUT2D eigenvalue weighted by molar-refractivity contribution is 6.30. The smallest absolute Gasteiger partial charge is 0.0410 e. The van der Waals surface area contributed by atoms with E-state index in [-0.39, 0.29) is 0 Å². The summed E-state index contributed by atoms with van der Waals surface area (Å²) in [6, 6.07) is 5.98. The highest BCUT2D eigenvalue weighted by atomic mass is 35.5. The molecule has 0 aliphatic heterocycles. The molecule has 84 valence electrons. The molecule has 0 radical (unpaired) electrons. The zero-order valence-corrected chi connectivity index (χ0v) is 10.4. The van der Waals surface area contributed by atoms with E-state index in [1.807, 2.05) is 12.1 Å². The van der Waals surface area contributed by atoms with Crippen molar-refractivity contribution in [2.24, 2.45) is 0 Å². The minimum Gasteiger partial charge on any atom is -0.385 e. The van der Waals surface area contributed by atoms with Crippen molar-refractivity contribution in [3.05, 3.63) is 28.8 Å². The molecule has 0 bridgehead atoms. The summed E-state index contributed by atoms with van der Waals surface area (Å²) < 4.78 is 0. The number of hydrogen-bond donors (Lipinski definition) is 1. The van der Waals surface area contributed by atoms with Crippen molar-refractivity contribution in [2.75, 3.05) is 11.9 Å². The molecular weight excluding hydrogens is 206 g/mol. The molecule has 0 atom stereocenters. The standard InChI is InChI=1S/C13H20ClN/c1-3-4-5-6-9-15-13-8-7-12(14)10-11(13)2/h7-8,10,15H,3-6,9H2,1-2H3. The maximum atomic E-state index is 5.89. The minimum absolute atomic E-state index is 0.809. The molecule has 0 aliphatic carbocycles. The van der Waals surface area contributed by atoms with Crippen LogP contribution in [0.4, 0.5) is 5.69 Å². The second-order valence-electron chi connectivity index (χ2n) is 3.95. The number of hydrogen-bond acceptors (Lipinski definition) is 1. The molecular formula is C13H20ClN. The molecule has 0 amide bonds. The van der Waals surface area contributed by atoms with Gasteiger partial charge in [-0.25, -0.2) is 0 Å². The Kier molecular flexibility index (Phi) is 5.56. The van der Waals surface area contributed by atoms with Crippen LogP contribution in [-0.4, -0.2) is 6.54 Å². The Morgan fingerprint density at radius 1 is 1.20 bits per heavy atom. The highest BCUT2D eigenvalue weighted by Crippen LogP contribution is 2.19. The fourth-order valence-electron chi connectivity index (χ4n) is 1.60. The maximum absolute atomic E-state index is 5.89. The lowest BCUT2D eigenvalue weighted by Gasteiger charge is -2.09. The zero-order valence-electron chi connectivity index (χ0n) is 9.65. The predicted octanol–water partition coefficient (Wildman–Crippen LogP) is 4.64. The van der Waals surface area contributed by atoms with Crippen LogP contribution >= 0.6 is 11.6 Å². The van der Waals surface area contributed by atoms with Gasteiger partial charge in [-0.1, -0.05) is 37.8 Å². The molecule has 0 unspecified atom stereocenters. The van der Waals surface area contributed by atoms with Gasteiger partial charge in [0.25, 0.3) is 0 Å². The zero-order chi connectivity index (χ0) is 11.1. The Labute approximate surface area is 97.8 Å². The van der Waals surface area contributed by atoms with Crippen molar-refractivity contribution in [3.63, 3.8) is 0 Å². The van der Waals surface area contributed by atoms with E-state index in [9.17, 15) is 0 Å².